The van der Waals surface area contributed by atoms with Gasteiger partial charge in [0.2, 0.25) is 10.0 Å². The lowest BCUT2D eigenvalue weighted by Gasteiger charge is -2.42. The predicted molar refractivity (Wildman–Crippen MR) is 146 cm³/mol. The van der Waals surface area contributed by atoms with E-state index in [0.717, 1.165) is 26.1 Å². The molecule has 10 heteroatoms. The topological polar surface area (TPSA) is 70.2 Å². The summed E-state index contributed by atoms with van der Waals surface area (Å²) in [4.78, 5) is 17.3. The number of ether oxygens (including phenoxy) is 1. The summed E-state index contributed by atoms with van der Waals surface area (Å²) in [6.45, 7) is 9.38. The highest BCUT2D eigenvalue weighted by atomic mass is 35.5. The third kappa shape index (κ3) is 6.68. The van der Waals surface area contributed by atoms with Crippen molar-refractivity contribution >= 4 is 27.7 Å². The van der Waals surface area contributed by atoms with E-state index >= 15 is 0 Å². The van der Waals surface area contributed by atoms with Crippen LogP contribution in [-0.2, 0) is 14.8 Å². The van der Waals surface area contributed by atoms with Gasteiger partial charge >= 0.3 is 6.09 Å². The average molecular weight is 566 g/mol. The molecule has 0 N–H and O–H groups in total. The third-order valence-corrected chi connectivity index (χ3v) is 9.50. The Kier molecular flexibility index (Phi) is 9.34. The standard InChI is InChI=1S/C28H37ClFN3O4S/c1-20(2)17-31-14-15-32(21(3)18-31)28(34)37-19-25-8-5-9-27(22-6-4-7-24(30)16-22)33(25)38(35,36)26-12-10-23(29)11-13-26/h4,6-7,10-13,16,20-21,25,27H,5,8-9,14-15,17-19H2,1-3H3/t21-,25-,27+/m1/s1. The van der Waals surface area contributed by atoms with Gasteiger partial charge < -0.3 is 9.64 Å². The Morgan fingerprint density at radius 1 is 1.13 bits per heavy atom. The van der Waals surface area contributed by atoms with Crippen LogP contribution in [0.4, 0.5) is 9.18 Å². The maximum atomic E-state index is 14.1. The van der Waals surface area contributed by atoms with Crippen LogP contribution in [0, 0.1) is 11.7 Å². The highest BCUT2D eigenvalue weighted by Gasteiger charge is 2.42. The van der Waals surface area contributed by atoms with Crippen LogP contribution >= 0.6 is 11.6 Å². The molecular formula is C28H37ClFN3O4S. The lowest BCUT2D eigenvalue weighted by atomic mass is 9.93. The van der Waals surface area contributed by atoms with E-state index in [9.17, 15) is 17.6 Å². The van der Waals surface area contributed by atoms with Crippen molar-refractivity contribution < 1.29 is 22.3 Å². The van der Waals surface area contributed by atoms with Crippen LogP contribution in [0.2, 0.25) is 5.02 Å². The van der Waals surface area contributed by atoms with Gasteiger partial charge in [0.25, 0.3) is 0 Å². The molecule has 0 aliphatic carbocycles. The first-order valence-electron chi connectivity index (χ1n) is 13.3. The summed E-state index contributed by atoms with van der Waals surface area (Å²) in [5.41, 5.74) is 0.577. The van der Waals surface area contributed by atoms with Crippen molar-refractivity contribution in [1.29, 1.82) is 0 Å². The number of carbonyl (C=O) groups is 1. The van der Waals surface area contributed by atoms with Crippen molar-refractivity contribution in [2.45, 2.75) is 63.1 Å². The molecule has 0 saturated carbocycles. The van der Waals surface area contributed by atoms with Crippen LogP contribution in [0.3, 0.4) is 0 Å². The van der Waals surface area contributed by atoms with Gasteiger partial charge in [0, 0.05) is 37.2 Å². The molecule has 2 heterocycles. The van der Waals surface area contributed by atoms with Crippen molar-refractivity contribution in [2.24, 2.45) is 5.92 Å². The molecule has 38 heavy (non-hydrogen) atoms. The van der Waals surface area contributed by atoms with Gasteiger partial charge in [-0.25, -0.2) is 17.6 Å². The highest BCUT2D eigenvalue weighted by Crippen LogP contribution is 2.39. The Hall–Kier alpha value is -2.20. The SMILES string of the molecule is CC(C)CN1CCN(C(=O)OC[C@H]2CCC[C@@H](c3cccc(F)c3)N2S(=O)(=O)c2ccc(Cl)cc2)[C@H](C)C1. The van der Waals surface area contributed by atoms with Crippen LogP contribution in [0.25, 0.3) is 0 Å². The van der Waals surface area contributed by atoms with Gasteiger partial charge in [-0.1, -0.05) is 37.6 Å². The fourth-order valence-electron chi connectivity index (χ4n) is 5.57. The lowest BCUT2D eigenvalue weighted by Crippen LogP contribution is -2.55. The van der Waals surface area contributed by atoms with Gasteiger partial charge in [-0.2, -0.15) is 4.31 Å². The molecule has 0 spiro atoms. The Labute approximate surface area is 230 Å². The average Bonchev–Trinajstić information content (AvgIpc) is 2.87. The van der Waals surface area contributed by atoms with Gasteiger partial charge in [-0.05, 0) is 74.1 Å². The Morgan fingerprint density at radius 3 is 2.53 bits per heavy atom. The smallest absolute Gasteiger partial charge is 0.410 e. The van der Waals surface area contributed by atoms with E-state index in [0.29, 0.717) is 35.9 Å². The van der Waals surface area contributed by atoms with Crippen LogP contribution in [0.15, 0.2) is 53.4 Å². The molecule has 0 bridgehead atoms. The summed E-state index contributed by atoms with van der Waals surface area (Å²) >= 11 is 6.01. The van der Waals surface area contributed by atoms with E-state index in [-0.39, 0.29) is 17.5 Å². The van der Waals surface area contributed by atoms with Gasteiger partial charge in [-0.3, -0.25) is 4.90 Å². The minimum absolute atomic E-state index is 0.00435. The number of halogens is 2. The maximum Gasteiger partial charge on any atom is 0.410 e. The molecule has 0 aromatic heterocycles. The fraction of sp³-hybridized carbons (Fsp3) is 0.536. The fourth-order valence-corrected chi connectivity index (χ4v) is 7.54. The number of hydrogen-bond acceptors (Lipinski definition) is 5. The molecular weight excluding hydrogens is 529 g/mol. The molecule has 2 aromatic rings. The molecule has 4 rings (SSSR count). The number of benzene rings is 2. The van der Waals surface area contributed by atoms with Crippen LogP contribution in [0.5, 0.6) is 0 Å². The molecule has 2 fully saturated rings. The summed E-state index contributed by atoms with van der Waals surface area (Å²) in [5.74, 6) is 0.122. The molecule has 3 atom stereocenters. The number of carbonyl (C=O) groups excluding carboxylic acids is 1. The Morgan fingerprint density at radius 2 is 1.87 bits per heavy atom. The summed E-state index contributed by atoms with van der Waals surface area (Å²) < 4.78 is 49.2. The number of piperazine rings is 1. The van der Waals surface area contributed by atoms with Crippen LogP contribution in [0.1, 0.15) is 51.6 Å². The number of hydrogen-bond donors (Lipinski definition) is 0. The molecule has 2 aliphatic heterocycles. The third-order valence-electron chi connectivity index (χ3n) is 7.27. The van der Waals surface area contributed by atoms with Crippen LogP contribution in [-0.4, -0.2) is 73.5 Å². The first-order valence-corrected chi connectivity index (χ1v) is 15.1. The monoisotopic (exact) mass is 565 g/mol. The number of piperidine rings is 1. The molecule has 208 valence electrons. The molecule has 2 saturated heterocycles. The van der Waals surface area contributed by atoms with Crippen molar-refractivity contribution in [3.63, 3.8) is 0 Å². The number of rotatable bonds is 7. The van der Waals surface area contributed by atoms with E-state index < -0.39 is 34.0 Å². The van der Waals surface area contributed by atoms with Crippen molar-refractivity contribution in [3.05, 3.63) is 64.9 Å². The number of nitrogens with zero attached hydrogens (tertiary/aromatic N) is 3. The summed E-state index contributed by atoms with van der Waals surface area (Å²) in [7, 11) is -4.00. The van der Waals surface area contributed by atoms with Gasteiger partial charge in [-0.15, -0.1) is 0 Å². The summed E-state index contributed by atoms with van der Waals surface area (Å²) in [6.07, 6.45) is 1.36. The Balaban J connectivity index is 1.54. The maximum absolute atomic E-state index is 14.1. The van der Waals surface area contributed by atoms with Crippen molar-refractivity contribution in [3.8, 4) is 0 Å². The molecule has 0 radical (unpaired) electrons. The quantitative estimate of drug-likeness (QED) is 0.439. The first-order chi connectivity index (χ1) is 18.1. The largest absolute Gasteiger partial charge is 0.448 e. The number of sulfonamides is 1. The zero-order chi connectivity index (χ0) is 27.4. The zero-order valence-corrected chi connectivity index (χ0v) is 23.8. The van der Waals surface area contributed by atoms with Gasteiger partial charge in [0.1, 0.15) is 12.4 Å². The first kappa shape index (κ1) is 28.8. The molecule has 1 amide bonds. The minimum atomic E-state index is -4.00. The van der Waals surface area contributed by atoms with E-state index in [4.69, 9.17) is 16.3 Å². The number of amides is 1. The van der Waals surface area contributed by atoms with Crippen molar-refractivity contribution in [2.75, 3.05) is 32.8 Å². The van der Waals surface area contributed by atoms with Gasteiger partial charge in [0.15, 0.2) is 0 Å². The summed E-state index contributed by atoms with van der Waals surface area (Å²) in [5, 5.41) is 0.428. The Bertz CT molecular complexity index is 1210. The molecule has 2 aliphatic rings. The molecule has 2 aromatic carbocycles. The molecule has 0 unspecified atom stereocenters. The van der Waals surface area contributed by atoms with Crippen molar-refractivity contribution in [1.82, 2.24) is 14.1 Å². The summed E-state index contributed by atoms with van der Waals surface area (Å²) in [6, 6.07) is 10.9. The van der Waals surface area contributed by atoms with E-state index in [1.807, 2.05) is 6.92 Å². The lowest BCUT2D eigenvalue weighted by molar-refractivity contribution is 0.0306. The van der Waals surface area contributed by atoms with E-state index in [1.165, 1.54) is 40.7 Å². The van der Waals surface area contributed by atoms with E-state index in [2.05, 4.69) is 18.7 Å². The second-order valence-electron chi connectivity index (χ2n) is 10.7. The highest BCUT2D eigenvalue weighted by molar-refractivity contribution is 7.89. The van der Waals surface area contributed by atoms with Gasteiger partial charge in [0.05, 0.1) is 17.0 Å². The van der Waals surface area contributed by atoms with E-state index in [1.54, 1.807) is 17.0 Å². The minimum Gasteiger partial charge on any atom is -0.448 e. The predicted octanol–water partition coefficient (Wildman–Crippen LogP) is 5.56. The molecule has 7 nitrogen and oxygen atoms in total. The zero-order valence-electron chi connectivity index (χ0n) is 22.2. The second-order valence-corrected chi connectivity index (χ2v) is 13.0. The second kappa shape index (κ2) is 12.3. The normalized spacial score (nSPS) is 23.5. The van der Waals surface area contributed by atoms with Crippen LogP contribution < -0.4 is 0 Å².